The summed E-state index contributed by atoms with van der Waals surface area (Å²) in [5.74, 6) is -2.45. The third kappa shape index (κ3) is 40.0. The topological polar surface area (TPSA) is 172 Å². The van der Waals surface area contributed by atoms with E-state index >= 15 is 0 Å². The molecule has 0 heterocycles. The van der Waals surface area contributed by atoms with Crippen molar-refractivity contribution in [3.8, 4) is 0 Å². The second-order valence-corrected chi connectivity index (χ2v) is 16.3. The number of unbranched alkanes of at least 4 members (excludes halogenated alkanes) is 19. The summed E-state index contributed by atoms with van der Waals surface area (Å²) in [6, 6.07) is -1.53. The summed E-state index contributed by atoms with van der Waals surface area (Å²) in [5.41, 5.74) is 5.33. The lowest BCUT2D eigenvalue weighted by Gasteiger charge is -2.20. The Labute approximate surface area is 345 Å². The minimum absolute atomic E-state index is 0.146. The highest BCUT2D eigenvalue weighted by atomic mass is 31.2. The van der Waals surface area contributed by atoms with Crippen molar-refractivity contribution in [1.82, 2.24) is 0 Å². The van der Waals surface area contributed by atoms with Crippen LogP contribution in [0.2, 0.25) is 0 Å². The van der Waals surface area contributed by atoms with Crippen molar-refractivity contribution in [3.63, 3.8) is 0 Å². The van der Waals surface area contributed by atoms with Crippen LogP contribution in [0.3, 0.4) is 0 Å². The molecule has 4 N–H and O–H groups in total. The maximum atomic E-state index is 12.6. The molecule has 0 aromatic carbocycles. The van der Waals surface area contributed by atoms with Crippen molar-refractivity contribution < 1.29 is 47.5 Å². The minimum atomic E-state index is -4.73. The van der Waals surface area contributed by atoms with Crippen LogP contribution in [0, 0.1) is 0 Å². The predicted molar refractivity (Wildman–Crippen MR) is 231 cm³/mol. The number of hydrogen-bond donors (Lipinski definition) is 3. The molecule has 0 aromatic heterocycles. The van der Waals surface area contributed by atoms with Gasteiger partial charge in [0.05, 0.1) is 13.2 Å². The SMILES string of the molecule is CCCCCCCCC/C=C/C/C=C/C/C=C/C/C=C/CCCC(=O)OC[C@@H](COP(=O)(O)OC[C@H](N)C(=O)O)OC(=O)CCCCCCCCCCCCCC. The van der Waals surface area contributed by atoms with E-state index in [1.807, 2.05) is 6.08 Å². The van der Waals surface area contributed by atoms with Crippen molar-refractivity contribution in [1.29, 1.82) is 0 Å². The zero-order chi connectivity index (χ0) is 42.1. The summed E-state index contributed by atoms with van der Waals surface area (Å²) in [6.45, 7) is 2.74. The van der Waals surface area contributed by atoms with Gasteiger partial charge in [-0.25, -0.2) is 4.57 Å². The number of hydrogen-bond acceptors (Lipinski definition) is 9. The summed E-state index contributed by atoms with van der Waals surface area (Å²) in [5, 5.41) is 8.88. The molecule has 57 heavy (non-hydrogen) atoms. The Balaban J connectivity index is 4.41. The van der Waals surface area contributed by atoms with Crippen molar-refractivity contribution in [2.24, 2.45) is 5.73 Å². The largest absolute Gasteiger partial charge is 0.480 e. The van der Waals surface area contributed by atoms with Crippen LogP contribution in [0.5, 0.6) is 0 Å². The number of aliphatic carboxylic acids is 1. The molecular formula is C45H80NO10P. The van der Waals surface area contributed by atoms with E-state index in [1.54, 1.807) is 0 Å². The fraction of sp³-hybridized carbons (Fsp3) is 0.756. The molecule has 1 unspecified atom stereocenters. The lowest BCUT2D eigenvalue weighted by molar-refractivity contribution is -0.161. The third-order valence-corrected chi connectivity index (χ3v) is 10.3. The number of carbonyl (C=O) groups excluding carboxylic acids is 2. The van der Waals surface area contributed by atoms with Gasteiger partial charge in [-0.2, -0.15) is 0 Å². The van der Waals surface area contributed by atoms with Gasteiger partial charge >= 0.3 is 25.7 Å². The van der Waals surface area contributed by atoms with E-state index in [9.17, 15) is 23.8 Å². The molecule has 0 fully saturated rings. The molecule has 0 aliphatic heterocycles. The van der Waals surface area contributed by atoms with Crippen molar-refractivity contribution >= 4 is 25.7 Å². The summed E-state index contributed by atoms with van der Waals surface area (Å²) in [6.07, 6.45) is 44.7. The molecule has 0 bridgehead atoms. The summed E-state index contributed by atoms with van der Waals surface area (Å²) >= 11 is 0. The van der Waals surface area contributed by atoms with Gasteiger partial charge in [-0.15, -0.1) is 0 Å². The molecule has 0 saturated heterocycles. The Bertz CT molecular complexity index is 1150. The average molecular weight is 826 g/mol. The van der Waals surface area contributed by atoms with Crippen molar-refractivity contribution in [2.45, 2.75) is 199 Å². The monoisotopic (exact) mass is 826 g/mol. The Morgan fingerprint density at radius 2 is 0.947 bits per heavy atom. The molecule has 0 aromatic rings. The minimum Gasteiger partial charge on any atom is -0.480 e. The van der Waals surface area contributed by atoms with Gasteiger partial charge in [0.1, 0.15) is 12.6 Å². The van der Waals surface area contributed by atoms with E-state index in [2.05, 4.69) is 60.9 Å². The van der Waals surface area contributed by atoms with E-state index in [1.165, 1.54) is 103 Å². The second-order valence-electron chi connectivity index (χ2n) is 14.8. The van der Waals surface area contributed by atoms with Gasteiger partial charge in [0.2, 0.25) is 0 Å². The second kappa shape index (κ2) is 40.2. The van der Waals surface area contributed by atoms with Crippen LogP contribution in [-0.2, 0) is 37.5 Å². The number of rotatable bonds is 41. The number of allylic oxidation sites excluding steroid dienone is 8. The number of esters is 2. The maximum absolute atomic E-state index is 12.6. The van der Waals surface area contributed by atoms with Crippen LogP contribution >= 0.6 is 7.82 Å². The van der Waals surface area contributed by atoms with Gasteiger partial charge in [0, 0.05) is 12.8 Å². The number of phosphoric ester groups is 1. The van der Waals surface area contributed by atoms with E-state index < -0.39 is 51.1 Å². The maximum Gasteiger partial charge on any atom is 0.472 e. The number of carbonyl (C=O) groups is 3. The first-order valence-electron chi connectivity index (χ1n) is 22.2. The molecule has 11 nitrogen and oxygen atoms in total. The van der Waals surface area contributed by atoms with Crippen LogP contribution < -0.4 is 5.73 Å². The zero-order valence-corrected chi connectivity index (χ0v) is 36.6. The van der Waals surface area contributed by atoms with Crippen LogP contribution in [-0.4, -0.2) is 59.9 Å². The summed E-state index contributed by atoms with van der Waals surface area (Å²) in [4.78, 5) is 45.9. The highest BCUT2D eigenvalue weighted by Gasteiger charge is 2.28. The van der Waals surface area contributed by atoms with E-state index in [0.717, 1.165) is 38.5 Å². The number of nitrogens with two attached hydrogens (primary N) is 1. The van der Waals surface area contributed by atoms with Gasteiger partial charge in [-0.05, 0) is 51.4 Å². The van der Waals surface area contributed by atoms with Gasteiger partial charge in [0.15, 0.2) is 6.10 Å². The lowest BCUT2D eigenvalue weighted by atomic mass is 10.0. The third-order valence-electron chi connectivity index (χ3n) is 9.33. The summed E-state index contributed by atoms with van der Waals surface area (Å²) < 4.78 is 32.6. The standard InChI is InChI=1S/C45H80NO10P/c1-3-5-7-9-11-13-15-17-18-19-20-21-22-23-24-25-27-28-30-32-34-36-43(47)53-38-41(39-54-57(51,52)55-40-42(46)45(49)50)56-44(48)37-35-33-31-29-26-16-14-12-10-8-6-4-2/h18-19,21-22,24-25,28,30,41-42H,3-17,20,23,26-27,29,31-40,46H2,1-2H3,(H,49,50)(H,51,52)/b19-18+,22-21+,25-24+,30-28+/t41-,42-/m0/s1. The van der Waals surface area contributed by atoms with Crippen LogP contribution in [0.4, 0.5) is 0 Å². The molecule has 0 amide bonds. The molecule has 0 aliphatic rings. The van der Waals surface area contributed by atoms with Crippen LogP contribution in [0.1, 0.15) is 187 Å². The highest BCUT2D eigenvalue weighted by molar-refractivity contribution is 7.47. The highest BCUT2D eigenvalue weighted by Crippen LogP contribution is 2.43. The molecule has 3 atom stereocenters. The van der Waals surface area contributed by atoms with Gasteiger partial charge in [0.25, 0.3) is 0 Å². The van der Waals surface area contributed by atoms with Gasteiger partial charge in [-0.1, -0.05) is 172 Å². The first-order chi connectivity index (χ1) is 27.6. The van der Waals surface area contributed by atoms with E-state index in [0.29, 0.717) is 19.3 Å². The molecule has 0 spiro atoms. The van der Waals surface area contributed by atoms with E-state index in [-0.39, 0.29) is 19.4 Å². The molecule has 0 saturated carbocycles. The van der Waals surface area contributed by atoms with Gasteiger partial charge in [-0.3, -0.25) is 23.4 Å². The zero-order valence-electron chi connectivity index (χ0n) is 35.7. The molecule has 0 rings (SSSR count). The predicted octanol–water partition coefficient (Wildman–Crippen LogP) is 11.8. The fourth-order valence-corrected chi connectivity index (χ4v) is 6.60. The first kappa shape index (κ1) is 54.4. The van der Waals surface area contributed by atoms with Crippen molar-refractivity contribution in [3.05, 3.63) is 48.6 Å². The average Bonchev–Trinajstić information content (AvgIpc) is 3.19. The number of phosphoric acid groups is 1. The number of carboxylic acids is 1. The molecule has 0 radical (unpaired) electrons. The normalized spacial score (nSPS) is 14.2. The fourth-order valence-electron chi connectivity index (χ4n) is 5.82. The van der Waals surface area contributed by atoms with Crippen molar-refractivity contribution in [2.75, 3.05) is 19.8 Å². The van der Waals surface area contributed by atoms with Gasteiger partial charge < -0.3 is 25.2 Å². The molecule has 330 valence electrons. The van der Waals surface area contributed by atoms with Crippen LogP contribution in [0.15, 0.2) is 48.6 Å². The Morgan fingerprint density at radius 3 is 1.44 bits per heavy atom. The summed E-state index contributed by atoms with van der Waals surface area (Å²) in [7, 11) is -4.73. The first-order valence-corrected chi connectivity index (χ1v) is 23.7. The quantitative estimate of drug-likeness (QED) is 0.0232. The molecular weight excluding hydrogens is 745 g/mol. The Morgan fingerprint density at radius 1 is 0.544 bits per heavy atom. The molecule has 0 aliphatic carbocycles. The number of carboxylic acid groups (broad SMARTS) is 1. The Hall–Kier alpha value is -2.56. The van der Waals surface area contributed by atoms with E-state index in [4.69, 9.17) is 24.8 Å². The van der Waals surface area contributed by atoms with Crippen LogP contribution in [0.25, 0.3) is 0 Å². The number of ether oxygens (including phenoxy) is 2. The smallest absolute Gasteiger partial charge is 0.472 e. The Kier molecular flexibility index (Phi) is 38.4. The lowest BCUT2D eigenvalue weighted by Crippen LogP contribution is -2.34. The molecule has 12 heteroatoms.